The summed E-state index contributed by atoms with van der Waals surface area (Å²) in [6.45, 7) is 6.64. The molecule has 70 valence electrons. The fourth-order valence-corrected chi connectivity index (χ4v) is 2.51. The van der Waals surface area contributed by atoms with Crippen LogP contribution in [0.2, 0.25) is 0 Å². The second-order valence-corrected chi connectivity index (χ2v) is 4.64. The van der Waals surface area contributed by atoms with Gasteiger partial charge in [0.05, 0.1) is 0 Å². The highest BCUT2D eigenvalue weighted by Gasteiger charge is 2.32. The normalized spacial score (nSPS) is 18.7. The van der Waals surface area contributed by atoms with E-state index >= 15 is 0 Å². The van der Waals surface area contributed by atoms with Gasteiger partial charge in [-0.2, -0.15) is 0 Å². The van der Waals surface area contributed by atoms with Crippen molar-refractivity contribution in [2.45, 2.75) is 39.0 Å². The van der Waals surface area contributed by atoms with Crippen LogP contribution >= 0.6 is 0 Å². The van der Waals surface area contributed by atoms with Crippen LogP contribution in [0, 0.1) is 6.92 Å². The quantitative estimate of drug-likeness (QED) is 0.644. The molecule has 0 heterocycles. The number of hydrogen-bond donors (Lipinski definition) is 1. The van der Waals surface area contributed by atoms with Crippen molar-refractivity contribution in [2.75, 3.05) is 0 Å². The molecule has 0 aromatic heterocycles. The van der Waals surface area contributed by atoms with Gasteiger partial charge in [-0.25, -0.2) is 0 Å². The van der Waals surface area contributed by atoms with Crippen molar-refractivity contribution >= 4 is 0 Å². The summed E-state index contributed by atoms with van der Waals surface area (Å²) in [4.78, 5) is 0. The molecule has 0 bridgehead atoms. The van der Waals surface area contributed by atoms with E-state index in [1.807, 2.05) is 12.1 Å². The number of aryl methyl sites for hydroxylation is 1. The molecular weight excluding hydrogens is 160 g/mol. The maximum Gasteiger partial charge on any atom is 0.119 e. The van der Waals surface area contributed by atoms with Gasteiger partial charge in [-0.1, -0.05) is 19.9 Å². The Morgan fingerprint density at radius 3 is 2.62 bits per heavy atom. The van der Waals surface area contributed by atoms with Crippen molar-refractivity contribution < 1.29 is 5.11 Å². The Morgan fingerprint density at radius 1 is 1.31 bits per heavy atom. The third-order valence-corrected chi connectivity index (χ3v) is 3.17. The minimum absolute atomic E-state index is 0.248. The number of phenols is 1. The summed E-state index contributed by atoms with van der Waals surface area (Å²) in [5, 5.41) is 9.69. The molecule has 1 nitrogen and oxygen atoms in total. The lowest BCUT2D eigenvalue weighted by Crippen LogP contribution is -2.13. The average Bonchev–Trinajstić information content (AvgIpc) is 2.36. The second-order valence-electron chi connectivity index (χ2n) is 4.64. The molecule has 0 spiro atoms. The number of fused-ring (bicyclic) bond motifs is 1. The molecule has 0 radical (unpaired) electrons. The highest BCUT2D eigenvalue weighted by atomic mass is 16.3. The predicted molar refractivity (Wildman–Crippen MR) is 54.2 cm³/mol. The van der Waals surface area contributed by atoms with Gasteiger partial charge in [0.15, 0.2) is 0 Å². The van der Waals surface area contributed by atoms with E-state index in [1.54, 1.807) is 0 Å². The van der Waals surface area contributed by atoms with Crippen LogP contribution in [-0.4, -0.2) is 5.11 Å². The maximum atomic E-state index is 9.69. The molecule has 1 N–H and O–H groups in total. The SMILES string of the molecule is Cc1ccc(O)c2c1C(C)(C)CC2. The molecule has 1 aliphatic rings. The lowest BCUT2D eigenvalue weighted by molar-refractivity contribution is 0.469. The minimum atomic E-state index is 0.248. The summed E-state index contributed by atoms with van der Waals surface area (Å²) < 4.78 is 0. The highest BCUT2D eigenvalue weighted by molar-refractivity contribution is 5.50. The van der Waals surface area contributed by atoms with Crippen molar-refractivity contribution in [1.82, 2.24) is 0 Å². The molecule has 0 atom stereocenters. The summed E-state index contributed by atoms with van der Waals surface area (Å²) in [6.07, 6.45) is 2.18. The maximum absolute atomic E-state index is 9.69. The number of benzene rings is 1. The molecule has 0 saturated carbocycles. The third kappa shape index (κ3) is 1.14. The van der Waals surface area contributed by atoms with Crippen LogP contribution in [0.4, 0.5) is 0 Å². The Morgan fingerprint density at radius 2 is 2.00 bits per heavy atom. The first kappa shape index (κ1) is 8.61. The molecule has 2 rings (SSSR count). The highest BCUT2D eigenvalue weighted by Crippen LogP contribution is 2.43. The van der Waals surface area contributed by atoms with Gasteiger partial charge in [0.1, 0.15) is 5.75 Å². The van der Waals surface area contributed by atoms with E-state index in [1.165, 1.54) is 16.7 Å². The standard InChI is InChI=1S/C12H16O/c1-8-4-5-10(13)9-6-7-12(2,3)11(8)9/h4-5,13H,6-7H2,1-3H3. The number of hydrogen-bond acceptors (Lipinski definition) is 1. The zero-order valence-corrected chi connectivity index (χ0v) is 8.52. The second kappa shape index (κ2) is 2.50. The van der Waals surface area contributed by atoms with E-state index in [4.69, 9.17) is 0 Å². The third-order valence-electron chi connectivity index (χ3n) is 3.17. The summed E-state index contributed by atoms with van der Waals surface area (Å²) in [7, 11) is 0. The zero-order chi connectivity index (χ0) is 9.64. The molecule has 0 aliphatic heterocycles. The van der Waals surface area contributed by atoms with Crippen LogP contribution in [0.25, 0.3) is 0 Å². The lowest BCUT2D eigenvalue weighted by Gasteiger charge is -2.21. The van der Waals surface area contributed by atoms with Crippen molar-refractivity contribution in [3.8, 4) is 5.75 Å². The van der Waals surface area contributed by atoms with E-state index in [-0.39, 0.29) is 5.41 Å². The van der Waals surface area contributed by atoms with Gasteiger partial charge in [-0.05, 0) is 47.9 Å². The molecule has 0 unspecified atom stereocenters. The molecule has 0 fully saturated rings. The molecule has 0 amide bonds. The summed E-state index contributed by atoms with van der Waals surface area (Å²) in [5.41, 5.74) is 4.10. The van der Waals surface area contributed by atoms with E-state index in [0.717, 1.165) is 12.8 Å². The first-order valence-electron chi connectivity index (χ1n) is 4.84. The predicted octanol–water partition coefficient (Wildman–Crippen LogP) is 2.92. The fourth-order valence-electron chi connectivity index (χ4n) is 2.51. The van der Waals surface area contributed by atoms with Crippen molar-refractivity contribution in [2.24, 2.45) is 0 Å². The van der Waals surface area contributed by atoms with E-state index in [2.05, 4.69) is 20.8 Å². The van der Waals surface area contributed by atoms with E-state index in [0.29, 0.717) is 5.75 Å². The smallest absolute Gasteiger partial charge is 0.119 e. The van der Waals surface area contributed by atoms with Crippen LogP contribution < -0.4 is 0 Å². The number of aromatic hydroxyl groups is 1. The van der Waals surface area contributed by atoms with Crippen LogP contribution in [0.1, 0.15) is 37.0 Å². The summed E-state index contributed by atoms with van der Waals surface area (Å²) in [5.74, 6) is 0.478. The monoisotopic (exact) mass is 176 g/mol. The molecule has 1 heteroatoms. The van der Waals surface area contributed by atoms with Crippen LogP contribution in [0.5, 0.6) is 5.75 Å². The average molecular weight is 176 g/mol. The number of rotatable bonds is 0. The van der Waals surface area contributed by atoms with Crippen molar-refractivity contribution in [3.63, 3.8) is 0 Å². The van der Waals surface area contributed by atoms with Crippen molar-refractivity contribution in [1.29, 1.82) is 0 Å². The van der Waals surface area contributed by atoms with E-state index in [9.17, 15) is 5.11 Å². The lowest BCUT2D eigenvalue weighted by atomic mass is 9.84. The van der Waals surface area contributed by atoms with Gasteiger partial charge < -0.3 is 5.11 Å². The van der Waals surface area contributed by atoms with Gasteiger partial charge in [-0.15, -0.1) is 0 Å². The minimum Gasteiger partial charge on any atom is -0.508 e. The Balaban J connectivity index is 2.70. The Kier molecular flexibility index (Phi) is 1.66. The number of phenolic OH excluding ortho intramolecular Hbond substituents is 1. The molecule has 1 aromatic rings. The van der Waals surface area contributed by atoms with Gasteiger partial charge in [0.2, 0.25) is 0 Å². The van der Waals surface area contributed by atoms with E-state index < -0.39 is 0 Å². The first-order valence-corrected chi connectivity index (χ1v) is 4.84. The summed E-state index contributed by atoms with van der Waals surface area (Å²) >= 11 is 0. The van der Waals surface area contributed by atoms with Gasteiger partial charge in [-0.3, -0.25) is 0 Å². The molecule has 0 saturated heterocycles. The van der Waals surface area contributed by atoms with Gasteiger partial charge in [0.25, 0.3) is 0 Å². The molecular formula is C12H16O. The van der Waals surface area contributed by atoms with Gasteiger partial charge >= 0.3 is 0 Å². The van der Waals surface area contributed by atoms with Gasteiger partial charge in [0, 0.05) is 0 Å². The molecule has 1 aliphatic carbocycles. The van der Waals surface area contributed by atoms with Crippen LogP contribution in [0.3, 0.4) is 0 Å². The first-order chi connectivity index (χ1) is 6.02. The Labute approximate surface area is 79.4 Å². The fraction of sp³-hybridized carbons (Fsp3) is 0.500. The largest absolute Gasteiger partial charge is 0.508 e. The summed E-state index contributed by atoms with van der Waals surface area (Å²) in [6, 6.07) is 3.83. The topological polar surface area (TPSA) is 20.2 Å². The Bertz CT molecular complexity index is 350. The zero-order valence-electron chi connectivity index (χ0n) is 8.52. The van der Waals surface area contributed by atoms with Crippen LogP contribution in [-0.2, 0) is 11.8 Å². The van der Waals surface area contributed by atoms with Crippen molar-refractivity contribution in [3.05, 3.63) is 28.8 Å². The Hall–Kier alpha value is -0.980. The molecule has 13 heavy (non-hydrogen) atoms. The molecule has 1 aromatic carbocycles. The van der Waals surface area contributed by atoms with Crippen LogP contribution in [0.15, 0.2) is 12.1 Å².